The number of benzene rings is 1. The zero-order valence-electron chi connectivity index (χ0n) is 14.0. The van der Waals surface area contributed by atoms with E-state index in [1.165, 1.54) is 0 Å². The third-order valence-electron chi connectivity index (χ3n) is 3.49. The summed E-state index contributed by atoms with van der Waals surface area (Å²) in [5, 5.41) is 10.9. The van der Waals surface area contributed by atoms with Crippen LogP contribution in [0.4, 0.5) is 0 Å². The molecule has 0 spiro atoms. The van der Waals surface area contributed by atoms with Gasteiger partial charge in [0.2, 0.25) is 0 Å². The van der Waals surface area contributed by atoms with Crippen LogP contribution in [0.3, 0.4) is 0 Å². The van der Waals surface area contributed by atoms with Crippen molar-refractivity contribution < 1.29 is 14.3 Å². The van der Waals surface area contributed by atoms with E-state index in [9.17, 15) is 4.79 Å². The number of rotatable bonds is 8. The molecule has 1 N–H and O–H groups in total. The number of pyridine rings is 1. The van der Waals surface area contributed by atoms with Crippen LogP contribution in [0.1, 0.15) is 19.2 Å². The van der Waals surface area contributed by atoms with Crippen LogP contribution in [0.15, 0.2) is 48.7 Å². The highest BCUT2D eigenvalue weighted by molar-refractivity contribution is 5.77. The van der Waals surface area contributed by atoms with Gasteiger partial charge >= 0.3 is 0 Å². The van der Waals surface area contributed by atoms with Gasteiger partial charge in [-0.25, -0.2) is 0 Å². The van der Waals surface area contributed by atoms with Crippen LogP contribution in [-0.2, 0) is 11.3 Å². The minimum Gasteiger partial charge on any atom is -0.494 e. The molecule has 1 amide bonds. The van der Waals surface area contributed by atoms with Crippen LogP contribution in [0.2, 0.25) is 0 Å². The lowest BCUT2D eigenvalue weighted by Crippen LogP contribution is -2.29. The normalized spacial score (nSPS) is 10.6. The highest BCUT2D eigenvalue weighted by Gasteiger charge is 2.07. The van der Waals surface area contributed by atoms with Crippen molar-refractivity contribution in [1.82, 2.24) is 19.9 Å². The summed E-state index contributed by atoms with van der Waals surface area (Å²) in [6.45, 7) is 2.96. The first-order valence-corrected chi connectivity index (χ1v) is 8.17. The second-order valence-electron chi connectivity index (χ2n) is 5.43. The summed E-state index contributed by atoms with van der Waals surface area (Å²) in [6.07, 6.45) is 2.81. The molecule has 130 valence electrons. The standard InChI is InChI=1S/C18H20N4O3/c1-2-11-24-14-6-8-15(9-7-14)25-13-18(23)19-12-17-21-20-16-5-3-4-10-22(16)17/h3-10H,2,11-13H2,1H3,(H,19,23). The Morgan fingerprint density at radius 1 is 1.08 bits per heavy atom. The van der Waals surface area contributed by atoms with Gasteiger partial charge in [0.25, 0.3) is 5.91 Å². The van der Waals surface area contributed by atoms with Gasteiger partial charge in [-0.15, -0.1) is 10.2 Å². The van der Waals surface area contributed by atoms with Crippen molar-refractivity contribution >= 4 is 11.6 Å². The molecule has 0 bridgehead atoms. The lowest BCUT2D eigenvalue weighted by Gasteiger charge is -2.08. The van der Waals surface area contributed by atoms with Crippen LogP contribution >= 0.6 is 0 Å². The fraction of sp³-hybridized carbons (Fsp3) is 0.278. The first kappa shape index (κ1) is 16.8. The molecule has 2 heterocycles. The molecule has 3 rings (SSSR count). The van der Waals surface area contributed by atoms with Crippen molar-refractivity contribution in [3.05, 3.63) is 54.5 Å². The molecule has 0 radical (unpaired) electrons. The Bertz CT molecular complexity index is 830. The highest BCUT2D eigenvalue weighted by Crippen LogP contribution is 2.17. The van der Waals surface area contributed by atoms with E-state index in [1.807, 2.05) is 40.9 Å². The summed E-state index contributed by atoms with van der Waals surface area (Å²) in [6, 6.07) is 12.8. The number of amides is 1. The number of hydrogen-bond acceptors (Lipinski definition) is 5. The third-order valence-corrected chi connectivity index (χ3v) is 3.49. The van der Waals surface area contributed by atoms with Crippen molar-refractivity contribution in [2.45, 2.75) is 19.9 Å². The van der Waals surface area contributed by atoms with E-state index in [4.69, 9.17) is 9.47 Å². The van der Waals surface area contributed by atoms with E-state index >= 15 is 0 Å². The smallest absolute Gasteiger partial charge is 0.258 e. The fourth-order valence-electron chi connectivity index (χ4n) is 2.24. The molecule has 0 fully saturated rings. The first-order chi connectivity index (χ1) is 12.3. The van der Waals surface area contributed by atoms with Crippen LogP contribution < -0.4 is 14.8 Å². The highest BCUT2D eigenvalue weighted by atomic mass is 16.5. The Kier molecular flexibility index (Phi) is 5.46. The average Bonchev–Trinajstić information content (AvgIpc) is 3.07. The monoisotopic (exact) mass is 340 g/mol. The third kappa shape index (κ3) is 4.47. The SMILES string of the molecule is CCCOc1ccc(OCC(=O)NCc2nnc3ccccn23)cc1. The van der Waals surface area contributed by atoms with Crippen LogP contribution in [0, 0.1) is 0 Å². The largest absolute Gasteiger partial charge is 0.494 e. The molecule has 0 saturated heterocycles. The maximum atomic E-state index is 11.9. The molecule has 0 aliphatic heterocycles. The topological polar surface area (TPSA) is 77.8 Å². The molecule has 25 heavy (non-hydrogen) atoms. The molecule has 7 heteroatoms. The van der Waals surface area contributed by atoms with Gasteiger partial charge in [0.05, 0.1) is 13.2 Å². The van der Waals surface area contributed by atoms with Gasteiger partial charge in [-0.3, -0.25) is 9.20 Å². The summed E-state index contributed by atoms with van der Waals surface area (Å²) < 4.78 is 12.8. The molecule has 0 saturated carbocycles. The van der Waals surface area contributed by atoms with E-state index in [1.54, 1.807) is 12.1 Å². The maximum absolute atomic E-state index is 11.9. The number of carbonyl (C=O) groups is 1. The molecule has 0 atom stereocenters. The number of fused-ring (bicyclic) bond motifs is 1. The summed E-state index contributed by atoms with van der Waals surface area (Å²) in [5.74, 6) is 1.85. The molecule has 1 aromatic carbocycles. The van der Waals surface area contributed by atoms with Crippen LogP contribution in [0.5, 0.6) is 11.5 Å². The lowest BCUT2D eigenvalue weighted by atomic mass is 10.3. The summed E-state index contributed by atoms with van der Waals surface area (Å²) in [5.41, 5.74) is 0.744. The Morgan fingerprint density at radius 2 is 1.84 bits per heavy atom. The molecule has 0 aliphatic rings. The summed E-state index contributed by atoms with van der Waals surface area (Å²) >= 11 is 0. The number of aromatic nitrogens is 3. The van der Waals surface area contributed by atoms with Gasteiger partial charge in [-0.05, 0) is 42.8 Å². The number of hydrogen-bond donors (Lipinski definition) is 1. The quantitative estimate of drug-likeness (QED) is 0.680. The average molecular weight is 340 g/mol. The number of ether oxygens (including phenoxy) is 2. The number of nitrogens with zero attached hydrogens (tertiary/aromatic N) is 3. The minimum absolute atomic E-state index is 0.0636. The summed E-state index contributed by atoms with van der Waals surface area (Å²) in [7, 11) is 0. The van der Waals surface area contributed by atoms with E-state index in [0.717, 1.165) is 17.8 Å². The van der Waals surface area contributed by atoms with Crippen molar-refractivity contribution in [2.75, 3.05) is 13.2 Å². The maximum Gasteiger partial charge on any atom is 0.258 e. The fourth-order valence-corrected chi connectivity index (χ4v) is 2.24. The second kappa shape index (κ2) is 8.14. The minimum atomic E-state index is -0.223. The van der Waals surface area contributed by atoms with Gasteiger partial charge in [0.15, 0.2) is 18.1 Å². The zero-order valence-corrected chi connectivity index (χ0v) is 14.0. The van der Waals surface area contributed by atoms with Crippen molar-refractivity contribution in [3.63, 3.8) is 0 Å². The van der Waals surface area contributed by atoms with E-state index in [0.29, 0.717) is 18.2 Å². The van der Waals surface area contributed by atoms with Gasteiger partial charge in [-0.1, -0.05) is 13.0 Å². The second-order valence-corrected chi connectivity index (χ2v) is 5.43. The molecular weight excluding hydrogens is 320 g/mol. The Hall–Kier alpha value is -3.09. The van der Waals surface area contributed by atoms with E-state index < -0.39 is 0 Å². The van der Waals surface area contributed by atoms with Crippen molar-refractivity contribution in [2.24, 2.45) is 0 Å². The number of carbonyl (C=O) groups excluding carboxylic acids is 1. The van der Waals surface area contributed by atoms with Gasteiger partial charge in [0.1, 0.15) is 11.5 Å². The summed E-state index contributed by atoms with van der Waals surface area (Å²) in [4.78, 5) is 11.9. The zero-order chi connectivity index (χ0) is 17.5. The lowest BCUT2D eigenvalue weighted by molar-refractivity contribution is -0.123. The van der Waals surface area contributed by atoms with Crippen LogP contribution in [-0.4, -0.2) is 33.7 Å². The first-order valence-electron chi connectivity index (χ1n) is 8.17. The molecule has 7 nitrogen and oxygen atoms in total. The Labute approximate surface area is 145 Å². The van der Waals surface area contributed by atoms with E-state index in [2.05, 4.69) is 22.4 Å². The number of nitrogens with one attached hydrogen (secondary N) is 1. The van der Waals surface area contributed by atoms with Crippen molar-refractivity contribution in [1.29, 1.82) is 0 Å². The Morgan fingerprint density at radius 3 is 2.60 bits per heavy atom. The van der Waals surface area contributed by atoms with Crippen molar-refractivity contribution in [3.8, 4) is 11.5 Å². The molecular formula is C18H20N4O3. The molecule has 2 aromatic heterocycles. The van der Waals surface area contributed by atoms with Crippen LogP contribution in [0.25, 0.3) is 5.65 Å². The van der Waals surface area contributed by atoms with Gasteiger partial charge in [0, 0.05) is 6.20 Å². The van der Waals surface area contributed by atoms with Gasteiger partial charge in [-0.2, -0.15) is 0 Å². The predicted molar refractivity (Wildman–Crippen MR) is 92.6 cm³/mol. The van der Waals surface area contributed by atoms with Gasteiger partial charge < -0.3 is 14.8 Å². The molecule has 3 aromatic rings. The predicted octanol–water partition coefficient (Wildman–Crippen LogP) is 2.21. The van der Waals surface area contributed by atoms with E-state index in [-0.39, 0.29) is 19.1 Å². The molecule has 0 aliphatic carbocycles. The Balaban J connectivity index is 1.46. The molecule has 0 unspecified atom stereocenters.